The van der Waals surface area contributed by atoms with E-state index >= 15 is 0 Å². The van der Waals surface area contributed by atoms with Crippen molar-refractivity contribution in [2.24, 2.45) is 11.8 Å². The number of esters is 3. The lowest BCUT2D eigenvalue weighted by Crippen LogP contribution is -2.30. The summed E-state index contributed by atoms with van der Waals surface area (Å²) in [6, 6.07) is 0. The molecule has 2 atom stereocenters. The van der Waals surface area contributed by atoms with Crippen molar-refractivity contribution in [1.29, 1.82) is 0 Å². The first-order valence-corrected chi connectivity index (χ1v) is 26.3. The lowest BCUT2D eigenvalue weighted by Gasteiger charge is -2.18. The maximum Gasteiger partial charge on any atom is 0.306 e. The molecule has 0 bridgehead atoms. The van der Waals surface area contributed by atoms with Gasteiger partial charge in [-0.2, -0.15) is 0 Å². The molecule has 6 heteroatoms. The van der Waals surface area contributed by atoms with Gasteiger partial charge in [0.25, 0.3) is 0 Å². The standard InChI is InChI=1S/C53H102O6/c1-6-8-9-31-38-43-51(54)57-46-50(59-53(56)45-40-35-30-26-22-18-19-23-27-32-36-41-48(3)4)47-58-52(55)44-39-34-29-25-21-17-15-13-11-10-12-14-16-20-24-28-33-37-42-49(5)7-2/h48-50H,6-47H2,1-5H3/t49?,50-/m1/s1. The highest BCUT2D eigenvalue weighted by Gasteiger charge is 2.19. The van der Waals surface area contributed by atoms with Crippen LogP contribution in [0.3, 0.4) is 0 Å². The summed E-state index contributed by atoms with van der Waals surface area (Å²) < 4.78 is 16.7. The second-order valence-electron chi connectivity index (χ2n) is 18.9. The van der Waals surface area contributed by atoms with E-state index in [4.69, 9.17) is 14.2 Å². The van der Waals surface area contributed by atoms with Crippen LogP contribution in [0.5, 0.6) is 0 Å². The third-order valence-electron chi connectivity index (χ3n) is 12.3. The molecule has 0 aromatic carbocycles. The van der Waals surface area contributed by atoms with Gasteiger partial charge in [0, 0.05) is 19.3 Å². The van der Waals surface area contributed by atoms with Crippen molar-refractivity contribution in [2.45, 2.75) is 298 Å². The van der Waals surface area contributed by atoms with Gasteiger partial charge in [0.15, 0.2) is 6.10 Å². The minimum Gasteiger partial charge on any atom is -0.462 e. The van der Waals surface area contributed by atoms with Gasteiger partial charge in [0.05, 0.1) is 0 Å². The van der Waals surface area contributed by atoms with Crippen LogP contribution in [0, 0.1) is 11.8 Å². The summed E-state index contributed by atoms with van der Waals surface area (Å²) >= 11 is 0. The normalized spacial score (nSPS) is 12.5. The van der Waals surface area contributed by atoms with Gasteiger partial charge >= 0.3 is 17.9 Å². The molecule has 0 N–H and O–H groups in total. The van der Waals surface area contributed by atoms with Crippen LogP contribution in [0.15, 0.2) is 0 Å². The molecule has 0 aliphatic heterocycles. The second kappa shape index (κ2) is 45.9. The highest BCUT2D eigenvalue weighted by Crippen LogP contribution is 2.18. The molecular weight excluding hydrogens is 733 g/mol. The maximum atomic E-state index is 12.7. The maximum absolute atomic E-state index is 12.7. The van der Waals surface area contributed by atoms with Crippen molar-refractivity contribution >= 4 is 17.9 Å². The molecule has 1 unspecified atom stereocenters. The molecule has 0 heterocycles. The Kier molecular flexibility index (Phi) is 44.7. The number of unbranched alkanes of at least 4 members (excludes halogenated alkanes) is 31. The van der Waals surface area contributed by atoms with Gasteiger partial charge in [-0.15, -0.1) is 0 Å². The number of rotatable bonds is 47. The summed E-state index contributed by atoms with van der Waals surface area (Å²) in [6.45, 7) is 11.3. The Morgan fingerprint density at radius 3 is 0.966 bits per heavy atom. The van der Waals surface area contributed by atoms with Crippen molar-refractivity contribution < 1.29 is 28.6 Å². The largest absolute Gasteiger partial charge is 0.462 e. The number of hydrogen-bond acceptors (Lipinski definition) is 6. The highest BCUT2D eigenvalue weighted by molar-refractivity contribution is 5.71. The zero-order valence-electron chi connectivity index (χ0n) is 40.4. The molecule has 0 saturated carbocycles. The van der Waals surface area contributed by atoms with E-state index < -0.39 is 6.10 Å². The fraction of sp³-hybridized carbons (Fsp3) is 0.943. The van der Waals surface area contributed by atoms with Gasteiger partial charge in [-0.3, -0.25) is 14.4 Å². The fourth-order valence-electron chi connectivity index (χ4n) is 7.96. The summed E-state index contributed by atoms with van der Waals surface area (Å²) in [7, 11) is 0. The van der Waals surface area contributed by atoms with Crippen LogP contribution in [0.25, 0.3) is 0 Å². The summed E-state index contributed by atoms with van der Waals surface area (Å²) in [5, 5.41) is 0. The van der Waals surface area contributed by atoms with Gasteiger partial charge < -0.3 is 14.2 Å². The number of carbonyl (C=O) groups is 3. The van der Waals surface area contributed by atoms with E-state index in [0.29, 0.717) is 19.3 Å². The molecule has 0 saturated heterocycles. The van der Waals surface area contributed by atoms with E-state index in [2.05, 4.69) is 34.6 Å². The second-order valence-corrected chi connectivity index (χ2v) is 18.9. The molecule has 0 aliphatic rings. The van der Waals surface area contributed by atoms with Crippen molar-refractivity contribution in [3.05, 3.63) is 0 Å². The molecule has 0 fully saturated rings. The molecular formula is C53H102O6. The minimum absolute atomic E-state index is 0.0647. The lowest BCUT2D eigenvalue weighted by molar-refractivity contribution is -0.167. The predicted molar refractivity (Wildman–Crippen MR) is 252 cm³/mol. The Balaban J connectivity index is 4.05. The molecule has 6 nitrogen and oxygen atoms in total. The summed E-state index contributed by atoms with van der Waals surface area (Å²) in [4.78, 5) is 37.6. The summed E-state index contributed by atoms with van der Waals surface area (Å²) in [6.07, 6.45) is 47.0. The molecule has 0 aromatic heterocycles. The Labute approximate surface area is 368 Å². The summed E-state index contributed by atoms with van der Waals surface area (Å²) in [5.41, 5.74) is 0. The van der Waals surface area contributed by atoms with Crippen LogP contribution < -0.4 is 0 Å². The SMILES string of the molecule is CCCCCCCC(=O)OC[C@H](COC(=O)CCCCCCCCCCCCCCCCCCCCC(C)CC)OC(=O)CCCCCCCCCCCCCC(C)C. The third kappa shape index (κ3) is 45.8. The first-order valence-electron chi connectivity index (χ1n) is 26.3. The summed E-state index contributed by atoms with van der Waals surface area (Å²) in [5.74, 6) is 0.872. The smallest absolute Gasteiger partial charge is 0.306 e. The van der Waals surface area contributed by atoms with Crippen molar-refractivity contribution in [3.8, 4) is 0 Å². The van der Waals surface area contributed by atoms with Crippen molar-refractivity contribution in [1.82, 2.24) is 0 Å². The van der Waals surface area contributed by atoms with Crippen molar-refractivity contribution in [2.75, 3.05) is 13.2 Å². The Bertz CT molecular complexity index is 902. The fourth-order valence-corrected chi connectivity index (χ4v) is 7.96. The van der Waals surface area contributed by atoms with Gasteiger partial charge in [-0.05, 0) is 31.1 Å². The van der Waals surface area contributed by atoms with E-state index in [-0.39, 0.29) is 31.1 Å². The number of ether oxygens (including phenoxy) is 3. The molecule has 0 rings (SSSR count). The van der Waals surface area contributed by atoms with Gasteiger partial charge in [-0.25, -0.2) is 0 Å². The predicted octanol–water partition coefficient (Wildman–Crippen LogP) is 16.9. The molecule has 350 valence electrons. The quantitative estimate of drug-likeness (QED) is 0.0345. The Morgan fingerprint density at radius 1 is 0.356 bits per heavy atom. The van der Waals surface area contributed by atoms with Crippen LogP contribution in [-0.2, 0) is 28.6 Å². The zero-order chi connectivity index (χ0) is 43.3. The van der Waals surface area contributed by atoms with Crippen LogP contribution in [0.1, 0.15) is 291 Å². The molecule has 0 radical (unpaired) electrons. The monoisotopic (exact) mass is 835 g/mol. The van der Waals surface area contributed by atoms with E-state index in [9.17, 15) is 14.4 Å². The van der Waals surface area contributed by atoms with E-state index in [1.54, 1.807) is 0 Å². The highest BCUT2D eigenvalue weighted by atomic mass is 16.6. The Hall–Kier alpha value is -1.59. The molecule has 0 aromatic rings. The van der Waals surface area contributed by atoms with Crippen LogP contribution in [0.2, 0.25) is 0 Å². The van der Waals surface area contributed by atoms with Crippen LogP contribution in [0.4, 0.5) is 0 Å². The minimum atomic E-state index is -0.759. The van der Waals surface area contributed by atoms with Gasteiger partial charge in [0.1, 0.15) is 13.2 Å². The van der Waals surface area contributed by atoms with Gasteiger partial charge in [0.2, 0.25) is 0 Å². The number of hydrogen-bond donors (Lipinski definition) is 0. The molecule has 59 heavy (non-hydrogen) atoms. The van der Waals surface area contributed by atoms with Crippen LogP contribution >= 0.6 is 0 Å². The topological polar surface area (TPSA) is 78.9 Å². The molecule has 0 aliphatic carbocycles. The van der Waals surface area contributed by atoms with Crippen molar-refractivity contribution in [3.63, 3.8) is 0 Å². The van der Waals surface area contributed by atoms with E-state index in [1.165, 1.54) is 173 Å². The lowest BCUT2D eigenvalue weighted by atomic mass is 9.99. The average molecular weight is 835 g/mol. The number of carbonyl (C=O) groups excluding carboxylic acids is 3. The first kappa shape index (κ1) is 57.4. The van der Waals surface area contributed by atoms with E-state index in [1.807, 2.05) is 0 Å². The molecule has 0 amide bonds. The third-order valence-corrected chi connectivity index (χ3v) is 12.3. The average Bonchev–Trinajstić information content (AvgIpc) is 3.22. The first-order chi connectivity index (χ1) is 28.8. The molecule has 0 spiro atoms. The van der Waals surface area contributed by atoms with E-state index in [0.717, 1.165) is 76.0 Å². The van der Waals surface area contributed by atoms with Gasteiger partial charge in [-0.1, -0.05) is 253 Å². The van der Waals surface area contributed by atoms with Crippen LogP contribution in [-0.4, -0.2) is 37.2 Å². The zero-order valence-corrected chi connectivity index (χ0v) is 40.4. The Morgan fingerprint density at radius 2 is 0.644 bits per heavy atom.